The number of hydrogen-bond donors (Lipinski definition) is 1. The Morgan fingerprint density at radius 3 is 2.77 bits per heavy atom. The molecule has 1 fully saturated rings. The third kappa shape index (κ3) is 3.84. The molecule has 0 aliphatic carbocycles. The van der Waals surface area contributed by atoms with Crippen molar-refractivity contribution in [2.24, 2.45) is 0 Å². The highest BCUT2D eigenvalue weighted by molar-refractivity contribution is 9.10. The third-order valence-electron chi connectivity index (χ3n) is 4.27. The van der Waals surface area contributed by atoms with Crippen LogP contribution in [0.15, 0.2) is 40.6 Å². The largest absolute Gasteiger partial charge is 0.353 e. The van der Waals surface area contributed by atoms with E-state index >= 15 is 0 Å². The number of nitrogens with zero attached hydrogens (tertiary/aromatic N) is 5. The van der Waals surface area contributed by atoms with Crippen molar-refractivity contribution in [3.05, 3.63) is 40.6 Å². The van der Waals surface area contributed by atoms with E-state index < -0.39 is 0 Å². The first kappa shape index (κ1) is 17.3. The summed E-state index contributed by atoms with van der Waals surface area (Å²) in [4.78, 5) is 30.6. The van der Waals surface area contributed by atoms with Gasteiger partial charge in [-0.1, -0.05) is 0 Å². The highest BCUT2D eigenvalue weighted by atomic mass is 79.9. The summed E-state index contributed by atoms with van der Waals surface area (Å²) in [7, 11) is 0. The van der Waals surface area contributed by atoms with Crippen LogP contribution in [0.25, 0.3) is 10.2 Å². The Kier molecular flexibility index (Phi) is 5.09. The number of anilines is 2. The first-order valence-corrected chi connectivity index (χ1v) is 9.93. The van der Waals surface area contributed by atoms with E-state index in [4.69, 9.17) is 0 Å². The van der Waals surface area contributed by atoms with Crippen LogP contribution >= 0.6 is 27.3 Å². The molecule has 3 aromatic rings. The third-order valence-corrected chi connectivity index (χ3v) is 5.56. The number of hydrogen-bond acceptors (Lipinski definition) is 7. The molecule has 0 radical (unpaired) electrons. The summed E-state index contributed by atoms with van der Waals surface area (Å²) in [5, 5.41) is 5.98. The summed E-state index contributed by atoms with van der Waals surface area (Å²) in [6.45, 7) is 3.68. The molecule has 4 rings (SSSR count). The maximum atomic E-state index is 12.2. The fourth-order valence-electron chi connectivity index (χ4n) is 2.98. The molecule has 1 N–H and O–H groups in total. The number of carbonyl (C=O) groups excluding carboxylic acids is 1. The van der Waals surface area contributed by atoms with Gasteiger partial charge in [-0.05, 0) is 39.5 Å². The van der Waals surface area contributed by atoms with Crippen LogP contribution in [0.5, 0.6) is 0 Å². The van der Waals surface area contributed by atoms with Crippen LogP contribution in [0.3, 0.4) is 0 Å². The van der Waals surface area contributed by atoms with E-state index in [1.54, 1.807) is 29.9 Å². The minimum absolute atomic E-state index is 0.0458. The SMILES string of the molecule is O=C(CN1CCN(c2ncnc3sccc23)CC1)Nc1ccc(Br)cn1. The summed E-state index contributed by atoms with van der Waals surface area (Å²) in [6.07, 6.45) is 3.29. The summed E-state index contributed by atoms with van der Waals surface area (Å²) < 4.78 is 0.885. The van der Waals surface area contributed by atoms with Gasteiger partial charge in [-0.2, -0.15) is 0 Å². The molecule has 9 heteroatoms. The van der Waals surface area contributed by atoms with Crippen LogP contribution < -0.4 is 10.2 Å². The van der Waals surface area contributed by atoms with Crippen molar-refractivity contribution < 1.29 is 4.79 Å². The standard InChI is InChI=1S/C17H17BrN6OS/c18-12-1-2-14(19-9-12)22-15(25)10-23-4-6-24(7-5-23)16-13-3-8-26-17(13)21-11-20-16/h1-3,8-9,11H,4-7,10H2,(H,19,22,25). The van der Waals surface area contributed by atoms with Crippen molar-refractivity contribution in [1.29, 1.82) is 0 Å². The quantitative estimate of drug-likeness (QED) is 0.682. The Labute approximate surface area is 163 Å². The predicted molar refractivity (Wildman–Crippen MR) is 107 cm³/mol. The minimum Gasteiger partial charge on any atom is -0.353 e. The van der Waals surface area contributed by atoms with Crippen LogP contribution in [0, 0.1) is 0 Å². The average molecular weight is 433 g/mol. The second-order valence-electron chi connectivity index (χ2n) is 6.01. The second kappa shape index (κ2) is 7.65. The van der Waals surface area contributed by atoms with E-state index in [0.29, 0.717) is 12.4 Å². The number of pyridine rings is 1. The normalized spacial score (nSPS) is 15.3. The zero-order valence-electron chi connectivity index (χ0n) is 13.9. The summed E-state index contributed by atoms with van der Waals surface area (Å²) in [5.74, 6) is 1.51. The number of fused-ring (bicyclic) bond motifs is 1. The van der Waals surface area contributed by atoms with Gasteiger partial charge in [0.2, 0.25) is 5.91 Å². The molecule has 7 nitrogen and oxygen atoms in total. The Morgan fingerprint density at radius 2 is 2.00 bits per heavy atom. The molecule has 0 bridgehead atoms. The number of nitrogens with one attached hydrogen (secondary N) is 1. The van der Waals surface area contributed by atoms with Crippen LogP contribution in [0.4, 0.5) is 11.6 Å². The van der Waals surface area contributed by atoms with E-state index in [0.717, 1.165) is 46.7 Å². The summed E-state index contributed by atoms with van der Waals surface area (Å²) in [5.41, 5.74) is 0. The monoisotopic (exact) mass is 432 g/mol. The highest BCUT2D eigenvalue weighted by Crippen LogP contribution is 2.27. The number of thiophene rings is 1. The number of rotatable bonds is 4. The second-order valence-corrected chi connectivity index (χ2v) is 7.82. The van der Waals surface area contributed by atoms with Gasteiger partial charge in [0, 0.05) is 36.8 Å². The van der Waals surface area contributed by atoms with Crippen molar-refractivity contribution in [2.45, 2.75) is 0 Å². The van der Waals surface area contributed by atoms with Crippen LogP contribution in [-0.2, 0) is 4.79 Å². The fourth-order valence-corrected chi connectivity index (χ4v) is 3.94. The van der Waals surface area contributed by atoms with E-state index in [1.165, 1.54) is 0 Å². The van der Waals surface area contributed by atoms with Gasteiger partial charge in [0.1, 0.15) is 22.8 Å². The molecule has 4 heterocycles. The number of amides is 1. The van der Waals surface area contributed by atoms with Gasteiger partial charge >= 0.3 is 0 Å². The summed E-state index contributed by atoms with van der Waals surface area (Å²) in [6, 6.07) is 5.70. The number of carbonyl (C=O) groups is 1. The lowest BCUT2D eigenvalue weighted by Crippen LogP contribution is -2.49. The average Bonchev–Trinajstić information content (AvgIpc) is 3.13. The molecular formula is C17H17BrN6OS. The predicted octanol–water partition coefficient (Wildman–Crippen LogP) is 2.61. The number of halogens is 1. The van der Waals surface area contributed by atoms with Gasteiger partial charge in [-0.25, -0.2) is 15.0 Å². The van der Waals surface area contributed by atoms with Gasteiger partial charge in [0.25, 0.3) is 0 Å². The number of aromatic nitrogens is 3. The van der Waals surface area contributed by atoms with E-state index in [2.05, 4.69) is 52.1 Å². The maximum absolute atomic E-state index is 12.2. The Hall–Kier alpha value is -2.10. The lowest BCUT2D eigenvalue weighted by atomic mass is 10.2. The molecule has 0 spiro atoms. The lowest BCUT2D eigenvalue weighted by Gasteiger charge is -2.35. The molecule has 1 aliphatic rings. The molecule has 26 heavy (non-hydrogen) atoms. The molecule has 1 aliphatic heterocycles. The van der Waals surface area contributed by atoms with Crippen molar-refractivity contribution in [3.8, 4) is 0 Å². The van der Waals surface area contributed by atoms with Gasteiger partial charge in [-0.3, -0.25) is 9.69 Å². The molecule has 0 unspecified atom stereocenters. The molecule has 3 aromatic heterocycles. The van der Waals surface area contributed by atoms with Gasteiger partial charge in [0.15, 0.2) is 0 Å². The smallest absolute Gasteiger partial charge is 0.239 e. The van der Waals surface area contributed by atoms with Gasteiger partial charge in [-0.15, -0.1) is 11.3 Å². The van der Waals surface area contributed by atoms with E-state index in [-0.39, 0.29) is 5.91 Å². The van der Waals surface area contributed by atoms with Crippen molar-refractivity contribution >= 4 is 55.0 Å². The minimum atomic E-state index is -0.0458. The van der Waals surface area contributed by atoms with Crippen LogP contribution in [0.2, 0.25) is 0 Å². The van der Waals surface area contributed by atoms with Crippen molar-refractivity contribution in [2.75, 3.05) is 42.9 Å². The highest BCUT2D eigenvalue weighted by Gasteiger charge is 2.21. The van der Waals surface area contributed by atoms with Gasteiger partial charge in [0.05, 0.1) is 11.9 Å². The Morgan fingerprint density at radius 1 is 1.15 bits per heavy atom. The fraction of sp³-hybridized carbons (Fsp3) is 0.294. The zero-order chi connectivity index (χ0) is 17.9. The maximum Gasteiger partial charge on any atom is 0.239 e. The molecule has 0 atom stereocenters. The van der Waals surface area contributed by atoms with E-state index in [1.807, 2.05) is 11.4 Å². The first-order chi connectivity index (χ1) is 12.7. The van der Waals surface area contributed by atoms with Crippen LogP contribution in [-0.4, -0.2) is 58.5 Å². The molecule has 134 valence electrons. The topological polar surface area (TPSA) is 74.2 Å². The Bertz CT molecular complexity index is 907. The molecule has 1 amide bonds. The van der Waals surface area contributed by atoms with Gasteiger partial charge < -0.3 is 10.2 Å². The molecule has 1 saturated heterocycles. The number of piperazine rings is 1. The lowest BCUT2D eigenvalue weighted by molar-refractivity contribution is -0.117. The van der Waals surface area contributed by atoms with E-state index in [9.17, 15) is 4.79 Å². The molecule has 0 saturated carbocycles. The summed E-state index contributed by atoms with van der Waals surface area (Å²) >= 11 is 4.96. The van der Waals surface area contributed by atoms with Crippen LogP contribution in [0.1, 0.15) is 0 Å². The Balaban J connectivity index is 1.33. The first-order valence-electron chi connectivity index (χ1n) is 8.26. The van der Waals surface area contributed by atoms with Crippen molar-refractivity contribution in [3.63, 3.8) is 0 Å². The zero-order valence-corrected chi connectivity index (χ0v) is 16.3. The molecular weight excluding hydrogens is 416 g/mol. The van der Waals surface area contributed by atoms with Crippen molar-refractivity contribution in [1.82, 2.24) is 19.9 Å². The molecule has 0 aromatic carbocycles.